The monoisotopic (exact) mass is 395 g/mol. The first kappa shape index (κ1) is 17.8. The molecular weight excluding hydrogens is 366 g/mol. The number of aliphatic hydroxyl groups is 2. The minimum absolute atomic E-state index is 0.0838. The number of nitrogens with one attached hydrogen (secondary N) is 2. The van der Waals surface area contributed by atoms with Crippen LogP contribution in [0, 0.1) is 37.5 Å². The third kappa shape index (κ3) is 2.65. The van der Waals surface area contributed by atoms with E-state index in [0.29, 0.717) is 17.8 Å². The molecule has 29 heavy (non-hydrogen) atoms. The van der Waals surface area contributed by atoms with Gasteiger partial charge in [0.15, 0.2) is 0 Å². The lowest BCUT2D eigenvalue weighted by Gasteiger charge is -2.32. The molecule has 3 saturated carbocycles. The van der Waals surface area contributed by atoms with Crippen LogP contribution in [-0.2, 0) is 0 Å². The highest BCUT2D eigenvalue weighted by molar-refractivity contribution is 5.85. The lowest BCUT2D eigenvalue weighted by atomic mass is 9.79. The van der Waals surface area contributed by atoms with E-state index >= 15 is 0 Å². The highest BCUT2D eigenvalue weighted by Crippen LogP contribution is 2.55. The Morgan fingerprint density at radius 2 is 1.83 bits per heavy atom. The second kappa shape index (κ2) is 6.22. The van der Waals surface area contributed by atoms with Gasteiger partial charge in [0, 0.05) is 17.0 Å². The van der Waals surface area contributed by atoms with Crippen molar-refractivity contribution in [2.45, 2.75) is 64.3 Å². The summed E-state index contributed by atoms with van der Waals surface area (Å²) in [5.41, 5.74) is 5.78. The topological polar surface area (TPSA) is 90.6 Å². The minimum Gasteiger partial charge on any atom is -0.392 e. The van der Waals surface area contributed by atoms with Gasteiger partial charge < -0.3 is 25.4 Å². The SMILES string of the molecule is Cc1noc(C)c1-c1cc2c(c(C(O)C3C4CCC(C4)C3O)c1)NC(C1CC1)N2. The van der Waals surface area contributed by atoms with Crippen molar-refractivity contribution >= 4 is 11.4 Å². The summed E-state index contributed by atoms with van der Waals surface area (Å²) in [7, 11) is 0. The van der Waals surface area contributed by atoms with Crippen LogP contribution in [-0.4, -0.2) is 27.6 Å². The lowest BCUT2D eigenvalue weighted by Crippen LogP contribution is -2.32. The van der Waals surface area contributed by atoms with Crippen LogP contribution in [0.2, 0.25) is 0 Å². The summed E-state index contributed by atoms with van der Waals surface area (Å²) < 4.78 is 5.41. The van der Waals surface area contributed by atoms with Crippen LogP contribution in [0.15, 0.2) is 16.7 Å². The molecule has 6 rings (SSSR count). The summed E-state index contributed by atoms with van der Waals surface area (Å²) in [6.07, 6.45) is 4.86. The first-order valence-corrected chi connectivity index (χ1v) is 11.0. The zero-order valence-electron chi connectivity index (χ0n) is 17.0. The molecule has 3 fully saturated rings. The molecule has 0 amide bonds. The maximum Gasteiger partial charge on any atom is 0.141 e. The van der Waals surface area contributed by atoms with E-state index in [2.05, 4.69) is 27.9 Å². The summed E-state index contributed by atoms with van der Waals surface area (Å²) in [5, 5.41) is 33.7. The first-order valence-electron chi connectivity index (χ1n) is 11.0. The molecular formula is C23H29N3O3. The average molecular weight is 396 g/mol. The Morgan fingerprint density at radius 3 is 2.48 bits per heavy atom. The Morgan fingerprint density at radius 1 is 1.07 bits per heavy atom. The van der Waals surface area contributed by atoms with E-state index in [0.717, 1.165) is 58.8 Å². The van der Waals surface area contributed by atoms with Crippen molar-refractivity contribution in [1.82, 2.24) is 5.16 Å². The molecule has 3 aliphatic carbocycles. The molecule has 1 aromatic carbocycles. The van der Waals surface area contributed by atoms with E-state index in [9.17, 15) is 10.2 Å². The fraction of sp³-hybridized carbons (Fsp3) is 0.609. The van der Waals surface area contributed by atoms with E-state index in [-0.39, 0.29) is 12.1 Å². The summed E-state index contributed by atoms with van der Waals surface area (Å²) in [4.78, 5) is 0. The molecule has 1 aromatic heterocycles. The van der Waals surface area contributed by atoms with Gasteiger partial charge >= 0.3 is 0 Å². The molecule has 6 unspecified atom stereocenters. The van der Waals surface area contributed by atoms with E-state index in [1.54, 1.807) is 0 Å². The van der Waals surface area contributed by atoms with Crippen LogP contribution in [0.4, 0.5) is 11.4 Å². The van der Waals surface area contributed by atoms with Gasteiger partial charge in [0.2, 0.25) is 0 Å². The van der Waals surface area contributed by atoms with Gasteiger partial charge in [0.05, 0.1) is 35.4 Å². The average Bonchev–Trinajstić information content (AvgIpc) is 3.01. The Labute approximate surface area is 170 Å². The van der Waals surface area contributed by atoms with Crippen LogP contribution >= 0.6 is 0 Å². The molecule has 6 atom stereocenters. The summed E-state index contributed by atoms with van der Waals surface area (Å²) in [6.45, 7) is 3.88. The summed E-state index contributed by atoms with van der Waals surface area (Å²) in [6, 6.07) is 4.23. The Bertz CT molecular complexity index is 945. The van der Waals surface area contributed by atoms with E-state index in [1.807, 2.05) is 13.8 Å². The van der Waals surface area contributed by atoms with Gasteiger partial charge in [-0.15, -0.1) is 0 Å². The van der Waals surface area contributed by atoms with Crippen molar-refractivity contribution in [2.24, 2.45) is 23.7 Å². The van der Waals surface area contributed by atoms with Gasteiger partial charge in [-0.05, 0) is 81.4 Å². The Kier molecular flexibility index (Phi) is 3.81. The summed E-state index contributed by atoms with van der Waals surface area (Å²) >= 11 is 0. The molecule has 2 heterocycles. The number of aryl methyl sites for hydroxylation is 2. The normalized spacial score (nSPS) is 33.4. The zero-order valence-corrected chi connectivity index (χ0v) is 17.0. The number of nitrogens with zero attached hydrogens (tertiary/aromatic N) is 1. The number of benzene rings is 1. The van der Waals surface area contributed by atoms with Gasteiger partial charge in [-0.2, -0.15) is 0 Å². The molecule has 6 nitrogen and oxygen atoms in total. The largest absolute Gasteiger partial charge is 0.392 e. The van der Waals surface area contributed by atoms with Crippen molar-refractivity contribution in [1.29, 1.82) is 0 Å². The number of hydrogen-bond donors (Lipinski definition) is 4. The quantitative estimate of drug-likeness (QED) is 0.626. The van der Waals surface area contributed by atoms with Crippen LogP contribution in [0.3, 0.4) is 0 Å². The van der Waals surface area contributed by atoms with Gasteiger partial charge in [-0.25, -0.2) is 0 Å². The smallest absolute Gasteiger partial charge is 0.141 e. The number of fused-ring (bicyclic) bond motifs is 3. The molecule has 0 saturated heterocycles. The predicted octanol–water partition coefficient (Wildman–Crippen LogP) is 3.97. The van der Waals surface area contributed by atoms with Crippen molar-refractivity contribution in [3.8, 4) is 11.1 Å². The highest BCUT2D eigenvalue weighted by atomic mass is 16.5. The second-order valence-electron chi connectivity index (χ2n) is 9.64. The molecule has 1 aliphatic heterocycles. The number of aliphatic hydroxyl groups excluding tert-OH is 2. The molecule has 2 bridgehead atoms. The molecule has 0 spiro atoms. The van der Waals surface area contributed by atoms with E-state index < -0.39 is 12.2 Å². The van der Waals surface area contributed by atoms with Crippen molar-refractivity contribution < 1.29 is 14.7 Å². The molecule has 6 heteroatoms. The summed E-state index contributed by atoms with van der Waals surface area (Å²) in [5.74, 6) is 2.11. The van der Waals surface area contributed by atoms with Gasteiger partial charge in [-0.3, -0.25) is 0 Å². The highest BCUT2D eigenvalue weighted by Gasteiger charge is 2.50. The third-order valence-corrected chi connectivity index (χ3v) is 7.81. The van der Waals surface area contributed by atoms with Crippen LogP contribution in [0.1, 0.15) is 55.2 Å². The molecule has 2 aromatic rings. The maximum absolute atomic E-state index is 11.5. The van der Waals surface area contributed by atoms with Crippen LogP contribution in [0.25, 0.3) is 11.1 Å². The maximum atomic E-state index is 11.5. The van der Waals surface area contributed by atoms with E-state index in [1.165, 1.54) is 12.8 Å². The molecule has 4 aliphatic rings. The van der Waals surface area contributed by atoms with Crippen molar-refractivity contribution in [3.63, 3.8) is 0 Å². The first-order chi connectivity index (χ1) is 14.0. The van der Waals surface area contributed by atoms with Gasteiger partial charge in [-0.1, -0.05) is 5.16 Å². The van der Waals surface area contributed by atoms with Crippen molar-refractivity contribution in [2.75, 3.05) is 10.6 Å². The van der Waals surface area contributed by atoms with E-state index in [4.69, 9.17) is 4.52 Å². The van der Waals surface area contributed by atoms with Gasteiger partial charge in [0.25, 0.3) is 0 Å². The number of aromatic nitrogens is 1. The molecule has 4 N–H and O–H groups in total. The Balaban J connectivity index is 1.45. The second-order valence-corrected chi connectivity index (χ2v) is 9.64. The number of anilines is 2. The molecule has 154 valence electrons. The lowest BCUT2D eigenvalue weighted by molar-refractivity contribution is -0.0197. The number of hydrogen-bond acceptors (Lipinski definition) is 6. The minimum atomic E-state index is -0.679. The fourth-order valence-corrected chi connectivity index (χ4v) is 6.19. The van der Waals surface area contributed by atoms with Gasteiger partial charge in [0.1, 0.15) is 5.76 Å². The standard InChI is InChI=1S/C23H29N3O3/c1-10-18(11(2)29-26-10)15-8-16(20-17(9-15)24-23(25-20)12-3-4-12)22(28)19-13-5-6-14(7-13)21(19)27/h8-9,12-14,19,21-25,27-28H,3-7H2,1-2H3. The van der Waals surface area contributed by atoms with Crippen LogP contribution in [0.5, 0.6) is 0 Å². The fourth-order valence-electron chi connectivity index (χ4n) is 6.19. The predicted molar refractivity (Wildman–Crippen MR) is 110 cm³/mol. The zero-order chi connectivity index (χ0) is 19.9. The number of rotatable bonds is 4. The van der Waals surface area contributed by atoms with Crippen LogP contribution < -0.4 is 10.6 Å². The third-order valence-electron chi connectivity index (χ3n) is 7.81. The molecule has 0 radical (unpaired) electrons. The Hall–Kier alpha value is -2.05. The van der Waals surface area contributed by atoms with Crippen molar-refractivity contribution in [3.05, 3.63) is 29.2 Å².